The minimum atomic E-state index is -2.00. The molecule has 0 bridgehead atoms. The van der Waals surface area contributed by atoms with Crippen molar-refractivity contribution in [3.05, 3.63) is 0 Å². The van der Waals surface area contributed by atoms with Gasteiger partial charge in [-0.3, -0.25) is 4.79 Å². The van der Waals surface area contributed by atoms with E-state index in [0.717, 1.165) is 0 Å². The molecular weight excluding hydrogens is 293 g/mol. The van der Waals surface area contributed by atoms with Crippen LogP contribution < -0.4 is 5.32 Å². The van der Waals surface area contributed by atoms with E-state index in [2.05, 4.69) is 5.32 Å². The Morgan fingerprint density at radius 2 is 2.06 bits per heavy atom. The predicted octanol–water partition coefficient (Wildman–Crippen LogP) is 2.06. The van der Waals surface area contributed by atoms with Gasteiger partial charge in [-0.15, -0.1) is 0 Å². The quantitative estimate of drug-likeness (QED) is 0.668. The average molecular weight is 313 g/mol. The molecule has 8 heteroatoms. The SMILES string of the molecule is CCO[P@@](C)(=S)SCC(=O)N[C@](C)(CC)C(=O)O. The number of hydrogen-bond acceptors (Lipinski definition) is 5. The number of nitrogens with one attached hydrogen (secondary N) is 1. The minimum absolute atomic E-state index is 0.122. The summed E-state index contributed by atoms with van der Waals surface area (Å²) in [6.07, 6.45) is 0.324. The number of carboxylic acids is 1. The second kappa shape index (κ2) is 7.48. The molecular formula is C10H20NO4PS2. The Morgan fingerprint density at radius 1 is 1.50 bits per heavy atom. The van der Waals surface area contributed by atoms with Crippen molar-refractivity contribution >= 4 is 40.5 Å². The van der Waals surface area contributed by atoms with Crippen LogP contribution >= 0.6 is 16.8 Å². The Kier molecular flexibility index (Phi) is 7.44. The van der Waals surface area contributed by atoms with E-state index in [9.17, 15) is 9.59 Å². The van der Waals surface area contributed by atoms with Crippen LogP contribution in [0.15, 0.2) is 0 Å². The van der Waals surface area contributed by atoms with Gasteiger partial charge in [0, 0.05) is 6.61 Å². The van der Waals surface area contributed by atoms with E-state index in [1.807, 2.05) is 6.92 Å². The van der Waals surface area contributed by atoms with Crippen LogP contribution in [-0.2, 0) is 25.9 Å². The molecule has 0 saturated carbocycles. The average Bonchev–Trinajstić information content (AvgIpc) is 2.26. The number of aliphatic carboxylic acids is 1. The van der Waals surface area contributed by atoms with Crippen LogP contribution in [0.5, 0.6) is 0 Å². The predicted molar refractivity (Wildman–Crippen MR) is 78.8 cm³/mol. The third-order valence-corrected chi connectivity index (χ3v) is 7.35. The third-order valence-electron chi connectivity index (χ3n) is 2.39. The van der Waals surface area contributed by atoms with E-state index in [1.165, 1.54) is 18.3 Å². The van der Waals surface area contributed by atoms with Crippen LogP contribution in [0.1, 0.15) is 27.2 Å². The smallest absolute Gasteiger partial charge is 0.329 e. The number of rotatable bonds is 8. The van der Waals surface area contributed by atoms with Crippen molar-refractivity contribution < 1.29 is 19.2 Å². The molecule has 106 valence electrons. The van der Waals surface area contributed by atoms with E-state index in [0.29, 0.717) is 13.0 Å². The molecule has 0 aliphatic rings. The molecule has 0 aromatic carbocycles. The summed E-state index contributed by atoms with van der Waals surface area (Å²) in [5.74, 6) is -1.25. The van der Waals surface area contributed by atoms with Crippen molar-refractivity contribution in [1.82, 2.24) is 5.32 Å². The maximum absolute atomic E-state index is 11.7. The summed E-state index contributed by atoms with van der Waals surface area (Å²) in [6.45, 7) is 7.38. The lowest BCUT2D eigenvalue weighted by Crippen LogP contribution is -2.52. The van der Waals surface area contributed by atoms with Crippen molar-refractivity contribution in [3.63, 3.8) is 0 Å². The van der Waals surface area contributed by atoms with Crippen LogP contribution in [-0.4, -0.2) is 41.5 Å². The van der Waals surface area contributed by atoms with E-state index in [1.54, 1.807) is 13.6 Å². The third kappa shape index (κ3) is 6.18. The number of carboxylic acid groups (broad SMARTS) is 1. The lowest BCUT2D eigenvalue weighted by molar-refractivity contribution is -0.146. The molecule has 18 heavy (non-hydrogen) atoms. The topological polar surface area (TPSA) is 75.6 Å². The number of carbonyl (C=O) groups is 2. The van der Waals surface area contributed by atoms with Crippen molar-refractivity contribution in [2.24, 2.45) is 0 Å². The van der Waals surface area contributed by atoms with Crippen molar-refractivity contribution in [1.29, 1.82) is 0 Å². The van der Waals surface area contributed by atoms with Crippen molar-refractivity contribution in [3.8, 4) is 0 Å². The lowest BCUT2D eigenvalue weighted by Gasteiger charge is -2.25. The van der Waals surface area contributed by atoms with Gasteiger partial charge in [0.1, 0.15) is 11.0 Å². The Bertz CT molecular complexity index is 364. The van der Waals surface area contributed by atoms with E-state index >= 15 is 0 Å². The first-order valence-corrected chi connectivity index (χ1v) is 10.3. The summed E-state index contributed by atoms with van der Waals surface area (Å²) in [4.78, 5) is 22.7. The molecule has 0 aliphatic heterocycles. The zero-order valence-electron chi connectivity index (χ0n) is 11.1. The zero-order valence-corrected chi connectivity index (χ0v) is 13.6. The highest BCUT2D eigenvalue weighted by Gasteiger charge is 2.32. The molecule has 0 rings (SSSR count). The van der Waals surface area contributed by atoms with Gasteiger partial charge in [0.15, 0.2) is 0 Å². The van der Waals surface area contributed by atoms with Crippen LogP contribution in [0.3, 0.4) is 0 Å². The summed E-state index contributed by atoms with van der Waals surface area (Å²) in [5, 5.41) is 11.5. The van der Waals surface area contributed by atoms with Crippen LogP contribution in [0, 0.1) is 0 Å². The molecule has 0 radical (unpaired) electrons. The first-order valence-electron chi connectivity index (χ1n) is 5.58. The Labute approximate surface area is 117 Å². The highest BCUT2D eigenvalue weighted by atomic mass is 32.9. The first-order chi connectivity index (χ1) is 8.17. The highest BCUT2D eigenvalue weighted by Crippen LogP contribution is 2.56. The van der Waals surface area contributed by atoms with Gasteiger partial charge in [-0.1, -0.05) is 30.1 Å². The Hall–Kier alpha value is -0.100. The molecule has 2 N–H and O–H groups in total. The fourth-order valence-corrected chi connectivity index (χ4v) is 4.44. The second-order valence-corrected chi connectivity index (χ2v) is 12.0. The van der Waals surface area contributed by atoms with Gasteiger partial charge in [-0.25, -0.2) is 4.79 Å². The van der Waals surface area contributed by atoms with Gasteiger partial charge in [0.2, 0.25) is 5.91 Å². The molecule has 0 unspecified atom stereocenters. The molecule has 5 nitrogen and oxygen atoms in total. The van der Waals surface area contributed by atoms with Gasteiger partial charge >= 0.3 is 5.97 Å². The maximum atomic E-state index is 11.7. The fourth-order valence-electron chi connectivity index (χ4n) is 1.08. The summed E-state index contributed by atoms with van der Waals surface area (Å²) in [6, 6.07) is 0. The number of amides is 1. The van der Waals surface area contributed by atoms with Crippen LogP contribution in [0.2, 0.25) is 0 Å². The van der Waals surface area contributed by atoms with Crippen LogP contribution in [0.25, 0.3) is 0 Å². The van der Waals surface area contributed by atoms with Gasteiger partial charge in [0.05, 0.1) is 5.75 Å². The van der Waals surface area contributed by atoms with Crippen molar-refractivity contribution in [2.75, 3.05) is 19.0 Å². The largest absolute Gasteiger partial charge is 0.480 e. The Morgan fingerprint density at radius 3 is 2.44 bits per heavy atom. The second-order valence-electron chi connectivity index (χ2n) is 4.00. The molecule has 0 heterocycles. The molecule has 2 atom stereocenters. The standard InChI is InChI=1S/C10H20NO4PS2/c1-5-10(3,9(13)14)11-8(12)7-18-16(4,17)15-6-2/h5-7H2,1-4H3,(H,11,12)(H,13,14)/t10-,16+/m1/s1. The zero-order chi connectivity index (χ0) is 14.4. The maximum Gasteiger partial charge on any atom is 0.329 e. The summed E-state index contributed by atoms with van der Waals surface area (Å²) < 4.78 is 5.38. The van der Waals surface area contributed by atoms with Gasteiger partial charge in [0.25, 0.3) is 0 Å². The van der Waals surface area contributed by atoms with E-state index in [-0.39, 0.29) is 11.7 Å². The van der Waals surface area contributed by atoms with Gasteiger partial charge in [-0.05, 0) is 26.9 Å². The van der Waals surface area contributed by atoms with Gasteiger partial charge < -0.3 is 14.9 Å². The first kappa shape index (κ1) is 17.9. The van der Waals surface area contributed by atoms with Crippen LogP contribution in [0.4, 0.5) is 0 Å². The molecule has 0 aromatic rings. The van der Waals surface area contributed by atoms with Gasteiger partial charge in [-0.2, -0.15) is 0 Å². The Balaban J connectivity index is 4.36. The normalized spacial score (nSPS) is 17.6. The molecule has 0 saturated heterocycles. The molecule has 1 amide bonds. The lowest BCUT2D eigenvalue weighted by atomic mass is 9.99. The monoisotopic (exact) mass is 313 g/mol. The summed E-state index contributed by atoms with van der Waals surface area (Å²) >= 11 is 6.51. The summed E-state index contributed by atoms with van der Waals surface area (Å²) in [7, 11) is 0. The molecule has 0 spiro atoms. The highest BCUT2D eigenvalue weighted by molar-refractivity contribution is 8.69. The minimum Gasteiger partial charge on any atom is -0.480 e. The number of hydrogen-bond donors (Lipinski definition) is 2. The summed E-state index contributed by atoms with van der Waals surface area (Å²) in [5.41, 5.74) is -3.22. The fraction of sp³-hybridized carbons (Fsp3) is 0.800. The molecule has 0 aliphatic carbocycles. The van der Waals surface area contributed by atoms with E-state index < -0.39 is 17.0 Å². The number of carbonyl (C=O) groups excluding carboxylic acids is 1. The molecule has 0 aromatic heterocycles. The van der Waals surface area contributed by atoms with Crippen molar-refractivity contribution in [2.45, 2.75) is 32.7 Å². The molecule has 0 fully saturated rings. The van der Waals surface area contributed by atoms with E-state index in [4.69, 9.17) is 21.4 Å².